The number of nitrogens with zero attached hydrogens (tertiary/aromatic N) is 3. The van der Waals surface area contributed by atoms with E-state index in [1.165, 1.54) is 17.4 Å². The lowest BCUT2D eigenvalue weighted by molar-refractivity contribution is -0.134. The quantitative estimate of drug-likeness (QED) is 0.473. The first-order valence-corrected chi connectivity index (χ1v) is 12.7. The molecule has 36 heavy (non-hydrogen) atoms. The van der Waals surface area contributed by atoms with Crippen molar-refractivity contribution in [2.45, 2.75) is 58.7 Å². The van der Waals surface area contributed by atoms with Crippen molar-refractivity contribution in [1.82, 2.24) is 14.8 Å². The summed E-state index contributed by atoms with van der Waals surface area (Å²) in [6, 6.07) is 14.4. The molecule has 1 aliphatic heterocycles. The molecular formula is C29H33N3O4. The topological polar surface area (TPSA) is 75.9 Å². The van der Waals surface area contributed by atoms with Crippen LogP contribution in [0.3, 0.4) is 0 Å². The van der Waals surface area contributed by atoms with Crippen molar-refractivity contribution >= 4 is 11.8 Å². The summed E-state index contributed by atoms with van der Waals surface area (Å²) in [4.78, 5) is 33.7. The van der Waals surface area contributed by atoms with Gasteiger partial charge in [-0.3, -0.25) is 9.59 Å². The second-order valence-electron chi connectivity index (χ2n) is 10.2. The second kappa shape index (κ2) is 9.80. The molecule has 188 valence electrons. The summed E-state index contributed by atoms with van der Waals surface area (Å²) in [5, 5.41) is 0. The Hall–Kier alpha value is -3.61. The highest BCUT2D eigenvalue weighted by Gasteiger charge is 2.39. The van der Waals surface area contributed by atoms with Crippen LogP contribution in [-0.2, 0) is 17.8 Å². The van der Waals surface area contributed by atoms with Crippen molar-refractivity contribution in [3.8, 4) is 5.75 Å². The number of oxazole rings is 1. The molecule has 1 fully saturated rings. The van der Waals surface area contributed by atoms with Gasteiger partial charge in [0.05, 0.1) is 6.04 Å². The minimum Gasteiger partial charge on any atom is -0.484 e. The van der Waals surface area contributed by atoms with Crippen LogP contribution in [0.2, 0.25) is 0 Å². The van der Waals surface area contributed by atoms with Gasteiger partial charge in [0.25, 0.3) is 5.91 Å². The molecule has 0 bridgehead atoms. The first-order valence-electron chi connectivity index (χ1n) is 12.7. The zero-order chi connectivity index (χ0) is 25.4. The summed E-state index contributed by atoms with van der Waals surface area (Å²) in [6.45, 7) is 6.80. The summed E-state index contributed by atoms with van der Waals surface area (Å²) < 4.78 is 11.5. The van der Waals surface area contributed by atoms with Crippen molar-refractivity contribution < 1.29 is 18.7 Å². The number of ether oxygens (including phenoxy) is 1. The van der Waals surface area contributed by atoms with E-state index in [4.69, 9.17) is 9.15 Å². The van der Waals surface area contributed by atoms with E-state index in [9.17, 15) is 9.59 Å². The molecule has 0 saturated heterocycles. The van der Waals surface area contributed by atoms with E-state index < -0.39 is 0 Å². The maximum absolute atomic E-state index is 13.2. The van der Waals surface area contributed by atoms with Crippen molar-refractivity contribution in [2.24, 2.45) is 5.92 Å². The van der Waals surface area contributed by atoms with Crippen LogP contribution < -0.4 is 4.74 Å². The Kier molecular flexibility index (Phi) is 6.56. The molecule has 1 aliphatic carbocycles. The molecule has 0 radical (unpaired) electrons. The third-order valence-corrected chi connectivity index (χ3v) is 7.14. The molecular weight excluding hydrogens is 454 g/mol. The predicted octanol–water partition coefficient (Wildman–Crippen LogP) is 4.93. The van der Waals surface area contributed by atoms with Gasteiger partial charge in [0.2, 0.25) is 11.8 Å². The minimum absolute atomic E-state index is 0.0668. The van der Waals surface area contributed by atoms with Crippen molar-refractivity contribution in [2.75, 3.05) is 13.6 Å². The number of hydrogen-bond acceptors (Lipinski definition) is 5. The van der Waals surface area contributed by atoms with Crippen LogP contribution in [-0.4, -0.2) is 46.2 Å². The molecule has 2 heterocycles. The van der Waals surface area contributed by atoms with E-state index in [0.717, 1.165) is 36.9 Å². The zero-order valence-corrected chi connectivity index (χ0v) is 21.4. The average molecular weight is 488 g/mol. The molecule has 1 unspecified atom stereocenters. The van der Waals surface area contributed by atoms with Gasteiger partial charge in [0.1, 0.15) is 12.0 Å². The number of aryl methyl sites for hydroxylation is 1. The standard InChI is InChI=1S/C29H33N3O4/c1-18(2)31(4)29(34)25-16-36-26(30-25)17-35-23-11-10-20-12-13-32(28(33)21-8-9-21)27(24(20)15-23)22-7-5-6-19(3)14-22/h5-7,10-11,14-16,18,21,27H,8-9,12-13,17H2,1-4H3. The number of carbonyl (C=O) groups is 2. The first kappa shape index (κ1) is 24.1. The molecule has 2 aromatic carbocycles. The Morgan fingerprint density at radius 2 is 2.00 bits per heavy atom. The van der Waals surface area contributed by atoms with Crippen LogP contribution in [0.15, 0.2) is 53.1 Å². The fourth-order valence-corrected chi connectivity index (χ4v) is 4.72. The Morgan fingerprint density at radius 1 is 1.19 bits per heavy atom. The predicted molar refractivity (Wildman–Crippen MR) is 136 cm³/mol. The largest absolute Gasteiger partial charge is 0.484 e. The maximum Gasteiger partial charge on any atom is 0.275 e. The Balaban J connectivity index is 1.38. The van der Waals surface area contributed by atoms with Gasteiger partial charge in [-0.25, -0.2) is 4.98 Å². The smallest absolute Gasteiger partial charge is 0.275 e. The van der Waals surface area contributed by atoms with E-state index >= 15 is 0 Å². The van der Waals surface area contributed by atoms with E-state index in [1.54, 1.807) is 11.9 Å². The molecule has 0 spiro atoms. The fourth-order valence-electron chi connectivity index (χ4n) is 4.72. The van der Waals surface area contributed by atoms with Crippen molar-refractivity contribution in [3.05, 3.63) is 82.6 Å². The van der Waals surface area contributed by atoms with E-state index in [2.05, 4.69) is 47.1 Å². The van der Waals surface area contributed by atoms with Crippen molar-refractivity contribution in [3.63, 3.8) is 0 Å². The number of fused-ring (bicyclic) bond motifs is 1. The highest BCUT2D eigenvalue weighted by Crippen LogP contribution is 2.41. The molecule has 2 amide bonds. The Bertz CT molecular complexity index is 1280. The molecule has 3 aromatic rings. The third-order valence-electron chi connectivity index (χ3n) is 7.14. The molecule has 1 aromatic heterocycles. The van der Waals surface area contributed by atoms with Gasteiger partial charge in [-0.05, 0) is 68.9 Å². The second-order valence-corrected chi connectivity index (χ2v) is 10.2. The number of carbonyl (C=O) groups excluding carboxylic acids is 2. The highest BCUT2D eigenvalue weighted by atomic mass is 16.5. The lowest BCUT2D eigenvalue weighted by atomic mass is 9.87. The lowest BCUT2D eigenvalue weighted by Gasteiger charge is -2.38. The van der Waals surface area contributed by atoms with Gasteiger partial charge < -0.3 is 19.0 Å². The number of rotatable bonds is 7. The summed E-state index contributed by atoms with van der Waals surface area (Å²) in [7, 11) is 1.74. The summed E-state index contributed by atoms with van der Waals surface area (Å²) in [5.41, 5.74) is 4.88. The highest BCUT2D eigenvalue weighted by molar-refractivity contribution is 5.92. The SMILES string of the molecule is Cc1cccc(C2c3cc(OCc4nc(C(=O)N(C)C(C)C)co4)ccc3CCN2C(=O)C2CC2)c1. The van der Waals surface area contributed by atoms with Gasteiger partial charge in [0.15, 0.2) is 12.3 Å². The van der Waals surface area contributed by atoms with Crippen LogP contribution in [0.1, 0.15) is 71.4 Å². The number of aromatic nitrogens is 1. The van der Waals surface area contributed by atoms with E-state index in [-0.39, 0.29) is 42.1 Å². The van der Waals surface area contributed by atoms with Crippen LogP contribution in [0, 0.1) is 12.8 Å². The van der Waals surface area contributed by atoms with Gasteiger partial charge in [0, 0.05) is 25.6 Å². The Labute approximate surface area is 212 Å². The lowest BCUT2D eigenvalue weighted by Crippen LogP contribution is -2.41. The van der Waals surface area contributed by atoms with Gasteiger partial charge in [-0.15, -0.1) is 0 Å². The maximum atomic E-state index is 13.2. The summed E-state index contributed by atoms with van der Waals surface area (Å²) >= 11 is 0. The molecule has 2 aliphatic rings. The molecule has 1 atom stereocenters. The molecule has 5 rings (SSSR count). The zero-order valence-electron chi connectivity index (χ0n) is 21.4. The normalized spacial score (nSPS) is 17.1. The van der Waals surface area contributed by atoms with Gasteiger partial charge in [-0.2, -0.15) is 0 Å². The fraction of sp³-hybridized carbons (Fsp3) is 0.414. The summed E-state index contributed by atoms with van der Waals surface area (Å²) in [5.74, 6) is 1.25. The van der Waals surface area contributed by atoms with Gasteiger partial charge in [-0.1, -0.05) is 35.9 Å². The van der Waals surface area contributed by atoms with Crippen LogP contribution in [0.4, 0.5) is 0 Å². The number of amides is 2. The molecule has 1 saturated carbocycles. The summed E-state index contributed by atoms with van der Waals surface area (Å²) in [6.07, 6.45) is 4.17. The van der Waals surface area contributed by atoms with Crippen LogP contribution in [0.5, 0.6) is 5.75 Å². The third kappa shape index (κ3) is 4.87. The number of benzene rings is 2. The van der Waals surface area contributed by atoms with E-state index in [1.807, 2.05) is 26.0 Å². The molecule has 7 heteroatoms. The van der Waals surface area contributed by atoms with E-state index in [0.29, 0.717) is 11.6 Å². The van der Waals surface area contributed by atoms with Crippen LogP contribution in [0.25, 0.3) is 0 Å². The average Bonchev–Trinajstić information content (AvgIpc) is 3.62. The van der Waals surface area contributed by atoms with Crippen LogP contribution >= 0.6 is 0 Å². The minimum atomic E-state index is -0.185. The monoisotopic (exact) mass is 487 g/mol. The van der Waals surface area contributed by atoms with Crippen molar-refractivity contribution in [1.29, 1.82) is 0 Å². The van der Waals surface area contributed by atoms with Gasteiger partial charge >= 0.3 is 0 Å². The number of hydrogen-bond donors (Lipinski definition) is 0. The Morgan fingerprint density at radius 3 is 2.72 bits per heavy atom. The molecule has 0 N–H and O–H groups in total. The molecule has 7 nitrogen and oxygen atoms in total. The first-order chi connectivity index (χ1) is 17.3.